The summed E-state index contributed by atoms with van der Waals surface area (Å²) in [5.41, 5.74) is 13.1. The van der Waals surface area contributed by atoms with Crippen molar-refractivity contribution in [2.45, 2.75) is 0 Å². The fourth-order valence-corrected chi connectivity index (χ4v) is 10.1. The first-order valence-electron chi connectivity index (χ1n) is 20.8. The van der Waals surface area contributed by atoms with Crippen molar-refractivity contribution in [1.29, 1.82) is 0 Å². The van der Waals surface area contributed by atoms with Gasteiger partial charge >= 0.3 is 0 Å². The Bertz CT molecular complexity index is 3560. The van der Waals surface area contributed by atoms with Gasteiger partial charge in [0, 0.05) is 53.3 Å². The molecule has 0 aliphatic heterocycles. The van der Waals surface area contributed by atoms with Crippen LogP contribution in [0.5, 0.6) is 0 Å². The fourth-order valence-electron chi connectivity index (χ4n) is 8.95. The van der Waals surface area contributed by atoms with Crippen LogP contribution in [-0.2, 0) is 0 Å². The van der Waals surface area contributed by atoms with Crippen LogP contribution < -0.4 is 0 Å². The average Bonchev–Trinajstić information content (AvgIpc) is 3.89. The molecule has 12 rings (SSSR count). The summed E-state index contributed by atoms with van der Waals surface area (Å²) < 4.78 is 4.89. The van der Waals surface area contributed by atoms with Crippen LogP contribution in [0.3, 0.4) is 0 Å². The van der Waals surface area contributed by atoms with Gasteiger partial charge in [-0.1, -0.05) is 170 Å². The molecule has 0 spiro atoms. The number of hydrogen-bond donors (Lipinski definition) is 0. The van der Waals surface area contributed by atoms with Crippen molar-refractivity contribution in [2.75, 3.05) is 0 Å². The van der Waals surface area contributed by atoms with Crippen molar-refractivity contribution >= 4 is 53.3 Å². The van der Waals surface area contributed by atoms with Crippen LogP contribution in [-0.4, -0.2) is 19.5 Å². The summed E-state index contributed by atoms with van der Waals surface area (Å²) in [6.07, 6.45) is 0. The molecule has 0 unspecified atom stereocenters. The summed E-state index contributed by atoms with van der Waals surface area (Å²) >= 11 is 1.85. The van der Waals surface area contributed by atoms with Crippen molar-refractivity contribution in [3.8, 4) is 73.2 Å². The Balaban J connectivity index is 1.13. The van der Waals surface area contributed by atoms with Crippen LogP contribution in [0.2, 0.25) is 0 Å². The van der Waals surface area contributed by atoms with Crippen molar-refractivity contribution in [2.24, 2.45) is 0 Å². The highest BCUT2D eigenvalue weighted by atomic mass is 32.1. The highest BCUT2D eigenvalue weighted by molar-refractivity contribution is 7.26. The number of rotatable bonds is 7. The molecular formula is C57H36N4S. The number of fused-ring (bicyclic) bond motifs is 6. The number of para-hydroxylation sites is 2. The first kappa shape index (κ1) is 35.9. The van der Waals surface area contributed by atoms with Crippen molar-refractivity contribution < 1.29 is 0 Å². The molecule has 0 aliphatic rings. The van der Waals surface area contributed by atoms with Crippen LogP contribution in [0.4, 0.5) is 0 Å². The van der Waals surface area contributed by atoms with E-state index in [0.29, 0.717) is 17.5 Å². The summed E-state index contributed by atoms with van der Waals surface area (Å²) in [6, 6.07) is 77.5. The van der Waals surface area contributed by atoms with Crippen LogP contribution in [0.25, 0.3) is 115 Å². The predicted molar refractivity (Wildman–Crippen MR) is 260 cm³/mol. The molecule has 0 fully saturated rings. The average molecular weight is 809 g/mol. The van der Waals surface area contributed by atoms with Gasteiger partial charge in [-0.3, -0.25) is 0 Å². The molecule has 0 atom stereocenters. The molecule has 62 heavy (non-hydrogen) atoms. The molecule has 290 valence electrons. The van der Waals surface area contributed by atoms with E-state index in [9.17, 15) is 0 Å². The van der Waals surface area contributed by atoms with E-state index in [2.05, 4.69) is 187 Å². The van der Waals surface area contributed by atoms with E-state index in [4.69, 9.17) is 15.0 Å². The SMILES string of the molecule is c1ccc(-c2cccc(-c3ccc(-c4cccc5sc6cc7c8ccccc8n(-c8ccccc8)c7cc6c45)c(-c4nc(-c5ccccc5)nc(-c5ccccc5)n4)c3)c2)cc1. The van der Waals surface area contributed by atoms with Gasteiger partial charge in [0.25, 0.3) is 0 Å². The molecule has 3 heterocycles. The molecule has 4 nitrogen and oxygen atoms in total. The quantitative estimate of drug-likeness (QED) is 0.161. The van der Waals surface area contributed by atoms with Gasteiger partial charge in [0.1, 0.15) is 0 Å². The fraction of sp³-hybridized carbons (Fsp3) is 0. The molecule has 0 N–H and O–H groups in total. The van der Waals surface area contributed by atoms with E-state index in [1.807, 2.05) is 47.7 Å². The third-order valence-electron chi connectivity index (χ3n) is 11.9. The zero-order valence-corrected chi connectivity index (χ0v) is 34.3. The molecule has 5 heteroatoms. The number of hydrogen-bond acceptors (Lipinski definition) is 4. The summed E-state index contributed by atoms with van der Waals surface area (Å²) in [4.78, 5) is 15.7. The molecule has 9 aromatic carbocycles. The topological polar surface area (TPSA) is 43.6 Å². The largest absolute Gasteiger partial charge is 0.309 e. The molecule has 12 aromatic rings. The number of thiophene rings is 1. The van der Waals surface area contributed by atoms with Gasteiger partial charge in [0.15, 0.2) is 17.5 Å². The van der Waals surface area contributed by atoms with Crippen LogP contribution in [0, 0.1) is 0 Å². The van der Waals surface area contributed by atoms with Crippen LogP contribution >= 0.6 is 11.3 Å². The zero-order valence-electron chi connectivity index (χ0n) is 33.5. The first-order valence-corrected chi connectivity index (χ1v) is 21.7. The molecule has 0 bridgehead atoms. The summed E-state index contributed by atoms with van der Waals surface area (Å²) in [5.74, 6) is 1.89. The maximum Gasteiger partial charge on any atom is 0.164 e. The Morgan fingerprint density at radius 2 is 0.871 bits per heavy atom. The minimum Gasteiger partial charge on any atom is -0.309 e. The number of aromatic nitrogens is 4. The molecule has 0 radical (unpaired) electrons. The van der Waals surface area contributed by atoms with Crippen LogP contribution in [0.1, 0.15) is 0 Å². The minimum atomic E-state index is 0.622. The predicted octanol–water partition coefficient (Wildman–Crippen LogP) is 15.3. The lowest BCUT2D eigenvalue weighted by Crippen LogP contribution is -2.01. The van der Waals surface area contributed by atoms with E-state index in [-0.39, 0.29) is 0 Å². The van der Waals surface area contributed by atoms with Gasteiger partial charge in [-0.05, 0) is 81.9 Å². The molecule has 0 aliphatic carbocycles. The Hall–Kier alpha value is -7.99. The maximum absolute atomic E-state index is 5.30. The number of benzene rings is 9. The second-order valence-electron chi connectivity index (χ2n) is 15.6. The lowest BCUT2D eigenvalue weighted by atomic mass is 9.91. The first-order chi connectivity index (χ1) is 30.7. The Morgan fingerprint density at radius 1 is 0.306 bits per heavy atom. The Morgan fingerprint density at radius 3 is 1.58 bits per heavy atom. The van der Waals surface area contributed by atoms with Crippen molar-refractivity contribution in [3.05, 3.63) is 218 Å². The van der Waals surface area contributed by atoms with E-state index < -0.39 is 0 Å². The summed E-state index contributed by atoms with van der Waals surface area (Å²) in [5, 5.41) is 4.95. The normalized spacial score (nSPS) is 11.5. The molecule has 0 saturated carbocycles. The Kier molecular flexibility index (Phi) is 8.65. The molecule has 0 amide bonds. The van der Waals surface area contributed by atoms with E-state index in [1.165, 1.54) is 53.1 Å². The van der Waals surface area contributed by atoms with Gasteiger partial charge in [-0.15, -0.1) is 11.3 Å². The van der Waals surface area contributed by atoms with Gasteiger partial charge < -0.3 is 4.57 Å². The van der Waals surface area contributed by atoms with E-state index in [0.717, 1.165) is 44.6 Å². The van der Waals surface area contributed by atoms with E-state index >= 15 is 0 Å². The monoisotopic (exact) mass is 808 g/mol. The van der Waals surface area contributed by atoms with Crippen molar-refractivity contribution in [3.63, 3.8) is 0 Å². The van der Waals surface area contributed by atoms with E-state index in [1.54, 1.807) is 0 Å². The lowest BCUT2D eigenvalue weighted by molar-refractivity contribution is 1.07. The van der Waals surface area contributed by atoms with Gasteiger partial charge in [0.05, 0.1) is 11.0 Å². The third kappa shape index (κ3) is 6.18. The number of nitrogens with zero attached hydrogens (tertiary/aromatic N) is 4. The third-order valence-corrected chi connectivity index (χ3v) is 13.0. The molecular weight excluding hydrogens is 773 g/mol. The van der Waals surface area contributed by atoms with Gasteiger partial charge in [-0.25, -0.2) is 15.0 Å². The summed E-state index contributed by atoms with van der Waals surface area (Å²) in [7, 11) is 0. The highest BCUT2D eigenvalue weighted by Crippen LogP contribution is 2.46. The zero-order chi connectivity index (χ0) is 41.0. The second-order valence-corrected chi connectivity index (χ2v) is 16.7. The molecule has 3 aromatic heterocycles. The van der Waals surface area contributed by atoms with Gasteiger partial charge in [0.2, 0.25) is 0 Å². The standard InChI is InChI=1S/C57H36N4S/c1-5-17-37(18-6-1)40-23-15-24-41(33-40)42-31-32-44(48(34-42)57-59-55(38-19-7-2-8-20-38)58-56(60-57)39-21-9-3-10-22-39)46-28-16-30-52-54(46)49-35-51-47(36-53(49)62-52)45-27-13-14-29-50(45)61(51)43-25-11-4-12-26-43/h1-36H. The van der Waals surface area contributed by atoms with Gasteiger partial charge in [-0.2, -0.15) is 0 Å². The summed E-state index contributed by atoms with van der Waals surface area (Å²) in [6.45, 7) is 0. The maximum atomic E-state index is 5.30. The minimum absolute atomic E-state index is 0.622. The highest BCUT2D eigenvalue weighted by Gasteiger charge is 2.21. The van der Waals surface area contributed by atoms with Crippen molar-refractivity contribution in [1.82, 2.24) is 19.5 Å². The Labute approximate surface area is 362 Å². The lowest BCUT2D eigenvalue weighted by Gasteiger charge is -2.15. The molecule has 0 saturated heterocycles. The van der Waals surface area contributed by atoms with Crippen LogP contribution in [0.15, 0.2) is 218 Å². The second kappa shape index (κ2) is 14.9. The smallest absolute Gasteiger partial charge is 0.164 e.